The van der Waals surface area contributed by atoms with Gasteiger partial charge in [0.2, 0.25) is 0 Å². The molecule has 0 fully saturated rings. The molecule has 0 bridgehead atoms. The molecule has 1 aliphatic rings. The largest absolute Gasteiger partial charge is 0.385 e. The summed E-state index contributed by atoms with van der Waals surface area (Å²) >= 11 is 19.0. The van der Waals surface area contributed by atoms with Crippen LogP contribution in [0.4, 0.5) is 0 Å². The number of halogens is 3. The zero-order chi connectivity index (χ0) is 20.5. The first-order chi connectivity index (χ1) is 14.0. The van der Waals surface area contributed by atoms with Gasteiger partial charge in [-0.2, -0.15) is 5.10 Å². The number of benzene rings is 2. The molecule has 0 aliphatic carbocycles. The van der Waals surface area contributed by atoms with Crippen LogP contribution >= 0.6 is 34.8 Å². The van der Waals surface area contributed by atoms with Gasteiger partial charge >= 0.3 is 0 Å². The highest BCUT2D eigenvalue weighted by molar-refractivity contribution is 6.36. The molecule has 1 amide bonds. The highest BCUT2D eigenvalue weighted by Crippen LogP contribution is 2.45. The van der Waals surface area contributed by atoms with Crippen molar-refractivity contribution in [2.45, 2.75) is 12.5 Å². The maximum Gasteiger partial charge on any atom is 0.273 e. The van der Waals surface area contributed by atoms with Crippen molar-refractivity contribution in [3.8, 4) is 11.3 Å². The minimum Gasteiger partial charge on any atom is -0.385 e. The molecule has 2 aromatic carbocycles. The highest BCUT2D eigenvalue weighted by atomic mass is 35.5. The molecular formula is C21H18Cl3N3O2. The van der Waals surface area contributed by atoms with E-state index in [1.54, 1.807) is 24.1 Å². The van der Waals surface area contributed by atoms with Gasteiger partial charge in [-0.15, -0.1) is 0 Å². The van der Waals surface area contributed by atoms with Gasteiger partial charge in [0.25, 0.3) is 5.91 Å². The maximum atomic E-state index is 13.2. The summed E-state index contributed by atoms with van der Waals surface area (Å²) in [7, 11) is 1.64. The molecule has 5 nitrogen and oxygen atoms in total. The number of nitrogens with zero attached hydrogens (tertiary/aromatic N) is 2. The van der Waals surface area contributed by atoms with Crippen LogP contribution in [0.2, 0.25) is 15.1 Å². The second-order valence-electron chi connectivity index (χ2n) is 6.75. The Bertz CT molecular complexity index is 1070. The summed E-state index contributed by atoms with van der Waals surface area (Å²) in [5, 5.41) is 8.91. The summed E-state index contributed by atoms with van der Waals surface area (Å²) in [6.45, 7) is 1.08. The lowest BCUT2D eigenvalue weighted by molar-refractivity contribution is 0.0723. The molecule has 150 valence electrons. The van der Waals surface area contributed by atoms with Crippen molar-refractivity contribution in [3.05, 3.63) is 74.4 Å². The van der Waals surface area contributed by atoms with Crippen LogP contribution in [-0.2, 0) is 4.74 Å². The van der Waals surface area contributed by atoms with Crippen LogP contribution in [0.5, 0.6) is 0 Å². The second kappa shape index (κ2) is 8.36. The minimum absolute atomic E-state index is 0.121. The fourth-order valence-corrected chi connectivity index (χ4v) is 4.45. The van der Waals surface area contributed by atoms with Crippen LogP contribution in [0.25, 0.3) is 11.3 Å². The van der Waals surface area contributed by atoms with Crippen molar-refractivity contribution in [1.82, 2.24) is 15.1 Å². The van der Waals surface area contributed by atoms with Gasteiger partial charge in [-0.25, -0.2) is 0 Å². The lowest BCUT2D eigenvalue weighted by atomic mass is 9.96. The Morgan fingerprint density at radius 3 is 2.66 bits per heavy atom. The molecule has 4 rings (SSSR count). The number of nitrogens with one attached hydrogen (secondary N) is 1. The van der Waals surface area contributed by atoms with Crippen molar-refractivity contribution >= 4 is 40.7 Å². The molecule has 0 saturated heterocycles. The van der Waals surface area contributed by atoms with Gasteiger partial charge in [0.15, 0.2) is 0 Å². The number of methoxy groups -OCH3 is 1. The van der Waals surface area contributed by atoms with Gasteiger partial charge in [0, 0.05) is 41.4 Å². The molecule has 0 radical (unpaired) electrons. The van der Waals surface area contributed by atoms with E-state index in [4.69, 9.17) is 39.5 Å². The monoisotopic (exact) mass is 449 g/mol. The third kappa shape index (κ3) is 3.64. The predicted octanol–water partition coefficient (Wildman–Crippen LogP) is 5.62. The first-order valence-electron chi connectivity index (χ1n) is 9.11. The van der Waals surface area contributed by atoms with Crippen LogP contribution in [0.1, 0.15) is 34.1 Å². The maximum absolute atomic E-state index is 13.2. The third-order valence-electron chi connectivity index (χ3n) is 5.00. The van der Waals surface area contributed by atoms with Crippen molar-refractivity contribution in [2.75, 3.05) is 20.3 Å². The van der Waals surface area contributed by atoms with Crippen LogP contribution in [0.15, 0.2) is 42.5 Å². The zero-order valence-corrected chi connectivity index (χ0v) is 17.9. The van der Waals surface area contributed by atoms with Gasteiger partial charge in [0.1, 0.15) is 11.4 Å². The molecule has 0 spiro atoms. The van der Waals surface area contributed by atoms with E-state index in [0.29, 0.717) is 51.6 Å². The number of aromatic nitrogens is 2. The summed E-state index contributed by atoms with van der Waals surface area (Å²) in [6.07, 6.45) is 0.706. The number of carbonyl (C=O) groups excluding carboxylic acids is 1. The minimum atomic E-state index is -0.372. The average molecular weight is 451 g/mol. The fraction of sp³-hybridized carbons (Fsp3) is 0.238. The van der Waals surface area contributed by atoms with E-state index < -0.39 is 0 Å². The lowest BCUT2D eigenvalue weighted by Gasteiger charge is -2.27. The Morgan fingerprint density at radius 1 is 1.14 bits per heavy atom. The molecule has 1 atom stereocenters. The van der Waals surface area contributed by atoms with E-state index in [2.05, 4.69) is 10.2 Å². The van der Waals surface area contributed by atoms with E-state index in [-0.39, 0.29) is 11.9 Å². The number of hydrogen-bond donors (Lipinski definition) is 1. The smallest absolute Gasteiger partial charge is 0.273 e. The van der Waals surface area contributed by atoms with E-state index in [1.807, 2.05) is 30.3 Å². The summed E-state index contributed by atoms with van der Waals surface area (Å²) in [4.78, 5) is 15.0. The van der Waals surface area contributed by atoms with E-state index in [9.17, 15) is 4.79 Å². The molecule has 2 heterocycles. The van der Waals surface area contributed by atoms with Crippen molar-refractivity contribution in [1.29, 1.82) is 0 Å². The Labute approximate surface area is 183 Å². The average Bonchev–Trinajstić information content (AvgIpc) is 3.23. The second-order valence-corrected chi connectivity index (χ2v) is 8.00. The Hall–Kier alpha value is -2.05. The number of rotatable bonds is 6. The molecule has 1 aromatic heterocycles. The fourth-order valence-electron chi connectivity index (χ4n) is 3.71. The van der Waals surface area contributed by atoms with Crippen molar-refractivity contribution in [3.63, 3.8) is 0 Å². The molecule has 29 heavy (non-hydrogen) atoms. The molecule has 1 N–H and O–H groups in total. The number of aromatic amines is 1. The topological polar surface area (TPSA) is 58.2 Å². The van der Waals surface area contributed by atoms with Crippen LogP contribution in [0.3, 0.4) is 0 Å². The van der Waals surface area contributed by atoms with Crippen LogP contribution < -0.4 is 0 Å². The number of H-pyrrole nitrogens is 1. The summed E-state index contributed by atoms with van der Waals surface area (Å²) in [6, 6.07) is 12.4. The molecule has 0 saturated carbocycles. The quantitative estimate of drug-likeness (QED) is 0.496. The van der Waals surface area contributed by atoms with Gasteiger partial charge < -0.3 is 9.64 Å². The standard InChI is InChI=1S/C21H18Cl3N3O2/c1-29-10-4-9-27-20(14-5-2-3-6-15(14)23)17-18(25-26-19(17)21(27)28)13-8-7-12(22)11-16(13)24/h2-3,5-8,11,20H,4,9-10H2,1H3,(H,25,26). The normalized spacial score (nSPS) is 15.8. The summed E-state index contributed by atoms with van der Waals surface area (Å²) < 4.78 is 5.17. The molecule has 1 unspecified atom stereocenters. The van der Waals surface area contributed by atoms with Crippen LogP contribution in [-0.4, -0.2) is 41.3 Å². The van der Waals surface area contributed by atoms with Crippen molar-refractivity contribution < 1.29 is 9.53 Å². The van der Waals surface area contributed by atoms with E-state index in [0.717, 1.165) is 11.1 Å². The van der Waals surface area contributed by atoms with E-state index >= 15 is 0 Å². The zero-order valence-electron chi connectivity index (χ0n) is 15.6. The third-order valence-corrected chi connectivity index (χ3v) is 5.89. The Morgan fingerprint density at radius 2 is 1.93 bits per heavy atom. The number of carbonyl (C=O) groups is 1. The summed E-state index contributed by atoms with van der Waals surface area (Å²) in [5.41, 5.74) is 3.39. The van der Waals surface area contributed by atoms with Gasteiger partial charge in [-0.1, -0.05) is 53.0 Å². The number of fused-ring (bicyclic) bond motifs is 1. The predicted molar refractivity (Wildman–Crippen MR) is 115 cm³/mol. The van der Waals surface area contributed by atoms with E-state index in [1.165, 1.54) is 0 Å². The Balaban J connectivity index is 1.86. The first kappa shape index (κ1) is 20.2. The summed E-state index contributed by atoms with van der Waals surface area (Å²) in [5.74, 6) is -0.121. The van der Waals surface area contributed by atoms with Gasteiger partial charge in [-0.05, 0) is 36.2 Å². The number of hydrogen-bond acceptors (Lipinski definition) is 3. The molecule has 8 heteroatoms. The highest BCUT2D eigenvalue weighted by Gasteiger charge is 2.42. The van der Waals surface area contributed by atoms with Gasteiger partial charge in [-0.3, -0.25) is 9.89 Å². The SMILES string of the molecule is COCCCN1C(=O)c2[nH]nc(-c3ccc(Cl)cc3Cl)c2C1c1ccccc1Cl. The molecule has 1 aliphatic heterocycles. The van der Waals surface area contributed by atoms with Crippen LogP contribution in [0, 0.1) is 0 Å². The lowest BCUT2D eigenvalue weighted by Crippen LogP contribution is -2.31. The Kier molecular flexibility index (Phi) is 5.83. The first-order valence-corrected chi connectivity index (χ1v) is 10.2. The van der Waals surface area contributed by atoms with Crippen molar-refractivity contribution in [2.24, 2.45) is 0 Å². The molecule has 3 aromatic rings. The van der Waals surface area contributed by atoms with Gasteiger partial charge in [0.05, 0.1) is 11.1 Å². The number of amides is 1. The molecular weight excluding hydrogens is 433 g/mol. The number of ether oxygens (including phenoxy) is 1.